The smallest absolute Gasteiger partial charge is 0.182 e. The van der Waals surface area contributed by atoms with Crippen molar-refractivity contribution in [3.05, 3.63) is 28.0 Å². The van der Waals surface area contributed by atoms with E-state index >= 15 is 0 Å². The summed E-state index contributed by atoms with van der Waals surface area (Å²) >= 11 is 1.16. The standard InChI is InChI=1S/C11H14N4OS/c1-4-15-9(5-7(2)13-15)6-10(16)11-8(3)12-14-17-11/h5H,4,6H2,1-3H3. The molecule has 0 N–H and O–H groups in total. The van der Waals surface area contributed by atoms with Crippen LogP contribution in [0.2, 0.25) is 0 Å². The number of carbonyl (C=O) groups excluding carboxylic acids is 1. The van der Waals surface area contributed by atoms with Crippen molar-refractivity contribution in [2.75, 3.05) is 0 Å². The van der Waals surface area contributed by atoms with Gasteiger partial charge in [-0.05, 0) is 38.4 Å². The van der Waals surface area contributed by atoms with E-state index in [-0.39, 0.29) is 5.78 Å². The predicted molar refractivity (Wildman–Crippen MR) is 65.3 cm³/mol. The molecule has 0 atom stereocenters. The van der Waals surface area contributed by atoms with E-state index in [1.165, 1.54) is 0 Å². The number of nitrogens with zero attached hydrogens (tertiary/aromatic N) is 4. The Labute approximate surface area is 104 Å². The Kier molecular flexibility index (Phi) is 3.33. The second kappa shape index (κ2) is 4.75. The van der Waals surface area contributed by atoms with Gasteiger partial charge >= 0.3 is 0 Å². The third-order valence-corrected chi connectivity index (χ3v) is 3.40. The molecular formula is C11H14N4OS. The summed E-state index contributed by atoms with van der Waals surface area (Å²) in [6.45, 7) is 6.52. The maximum atomic E-state index is 12.1. The van der Waals surface area contributed by atoms with Crippen LogP contribution in [0.4, 0.5) is 0 Å². The monoisotopic (exact) mass is 250 g/mol. The fourth-order valence-corrected chi connectivity index (χ4v) is 2.34. The van der Waals surface area contributed by atoms with E-state index in [2.05, 4.69) is 14.7 Å². The summed E-state index contributed by atoms with van der Waals surface area (Å²) in [7, 11) is 0. The highest BCUT2D eigenvalue weighted by Gasteiger charge is 2.16. The summed E-state index contributed by atoms with van der Waals surface area (Å²) in [5.74, 6) is 0.0621. The maximum absolute atomic E-state index is 12.1. The van der Waals surface area contributed by atoms with Crippen molar-refractivity contribution in [1.29, 1.82) is 0 Å². The summed E-state index contributed by atoms with van der Waals surface area (Å²) in [5, 5.41) is 8.17. The van der Waals surface area contributed by atoms with Crippen LogP contribution in [0.15, 0.2) is 6.07 Å². The maximum Gasteiger partial charge on any atom is 0.182 e. The van der Waals surface area contributed by atoms with E-state index in [9.17, 15) is 4.79 Å². The van der Waals surface area contributed by atoms with Gasteiger partial charge in [0.15, 0.2) is 5.78 Å². The fraction of sp³-hybridized carbons (Fsp3) is 0.455. The van der Waals surface area contributed by atoms with Crippen LogP contribution in [0.1, 0.15) is 33.7 Å². The van der Waals surface area contributed by atoms with Crippen LogP contribution in [-0.2, 0) is 13.0 Å². The van der Waals surface area contributed by atoms with Crippen LogP contribution in [0.25, 0.3) is 0 Å². The molecule has 5 nitrogen and oxygen atoms in total. The van der Waals surface area contributed by atoms with Gasteiger partial charge in [-0.1, -0.05) is 4.49 Å². The van der Waals surface area contributed by atoms with Crippen molar-refractivity contribution in [1.82, 2.24) is 19.4 Å². The molecule has 2 heterocycles. The number of rotatable bonds is 4. The van der Waals surface area contributed by atoms with E-state index < -0.39 is 0 Å². The van der Waals surface area contributed by atoms with Gasteiger partial charge in [-0.15, -0.1) is 5.10 Å². The number of carbonyl (C=O) groups is 1. The second-order valence-electron chi connectivity index (χ2n) is 3.88. The molecular weight excluding hydrogens is 236 g/mol. The highest BCUT2D eigenvalue weighted by atomic mass is 32.1. The first-order valence-corrected chi connectivity index (χ1v) is 6.24. The molecule has 0 bridgehead atoms. The topological polar surface area (TPSA) is 60.7 Å². The minimum Gasteiger partial charge on any atom is -0.293 e. The lowest BCUT2D eigenvalue weighted by Crippen LogP contribution is -2.09. The number of aromatic nitrogens is 4. The summed E-state index contributed by atoms with van der Waals surface area (Å²) in [6.07, 6.45) is 0.361. The van der Waals surface area contributed by atoms with Gasteiger partial charge in [0, 0.05) is 12.2 Å². The van der Waals surface area contributed by atoms with Crippen molar-refractivity contribution in [3.8, 4) is 0 Å². The molecule has 6 heteroatoms. The minimum atomic E-state index is 0.0621. The third kappa shape index (κ3) is 2.41. The van der Waals surface area contributed by atoms with Gasteiger partial charge in [0.25, 0.3) is 0 Å². The molecule has 0 spiro atoms. The first-order chi connectivity index (χ1) is 8.11. The van der Waals surface area contributed by atoms with Gasteiger partial charge in [-0.2, -0.15) is 5.10 Å². The van der Waals surface area contributed by atoms with Crippen molar-refractivity contribution in [2.24, 2.45) is 0 Å². The number of ketones is 1. The lowest BCUT2D eigenvalue weighted by atomic mass is 10.1. The van der Waals surface area contributed by atoms with Crippen LogP contribution >= 0.6 is 11.5 Å². The molecule has 0 aliphatic carbocycles. The summed E-state index contributed by atoms with van der Waals surface area (Å²) in [4.78, 5) is 12.7. The first-order valence-electron chi connectivity index (χ1n) is 5.47. The summed E-state index contributed by atoms with van der Waals surface area (Å²) in [5.41, 5.74) is 2.59. The lowest BCUT2D eigenvalue weighted by Gasteiger charge is -2.02. The predicted octanol–water partition coefficient (Wildman–Crippen LogP) is 1.80. The molecule has 0 aliphatic heterocycles. The van der Waals surface area contributed by atoms with Gasteiger partial charge in [-0.3, -0.25) is 9.48 Å². The highest BCUT2D eigenvalue weighted by molar-refractivity contribution is 7.08. The Balaban J connectivity index is 2.21. The number of hydrogen-bond donors (Lipinski definition) is 0. The molecule has 2 aromatic heterocycles. The zero-order chi connectivity index (χ0) is 12.4. The van der Waals surface area contributed by atoms with Crippen molar-refractivity contribution in [2.45, 2.75) is 33.7 Å². The molecule has 17 heavy (non-hydrogen) atoms. The molecule has 0 aromatic carbocycles. The molecule has 0 amide bonds. The Morgan fingerprint density at radius 2 is 2.24 bits per heavy atom. The number of Topliss-reactive ketones (excluding diaryl/α,β-unsaturated/α-hetero) is 1. The highest BCUT2D eigenvalue weighted by Crippen LogP contribution is 2.14. The molecule has 0 saturated heterocycles. The number of aryl methyl sites for hydroxylation is 3. The summed E-state index contributed by atoms with van der Waals surface area (Å²) in [6, 6.07) is 1.95. The normalized spacial score (nSPS) is 10.8. The van der Waals surface area contributed by atoms with Crippen LogP contribution in [-0.4, -0.2) is 25.2 Å². The van der Waals surface area contributed by atoms with Gasteiger partial charge in [-0.25, -0.2) is 0 Å². The zero-order valence-corrected chi connectivity index (χ0v) is 10.9. The molecule has 0 fully saturated rings. The van der Waals surface area contributed by atoms with Crippen molar-refractivity contribution in [3.63, 3.8) is 0 Å². The third-order valence-electron chi connectivity index (χ3n) is 2.53. The minimum absolute atomic E-state index is 0.0621. The second-order valence-corrected chi connectivity index (χ2v) is 4.63. The van der Waals surface area contributed by atoms with Gasteiger partial charge in [0.05, 0.1) is 17.8 Å². The van der Waals surface area contributed by atoms with Crippen LogP contribution in [0, 0.1) is 13.8 Å². The quantitative estimate of drug-likeness (QED) is 0.776. The summed E-state index contributed by atoms with van der Waals surface area (Å²) < 4.78 is 5.64. The molecule has 0 aliphatic rings. The lowest BCUT2D eigenvalue weighted by molar-refractivity contribution is 0.0993. The Morgan fingerprint density at radius 3 is 2.82 bits per heavy atom. The fourth-order valence-electron chi connectivity index (χ4n) is 1.75. The molecule has 0 radical (unpaired) electrons. The Hall–Kier alpha value is -1.56. The van der Waals surface area contributed by atoms with Crippen LogP contribution in [0.5, 0.6) is 0 Å². The van der Waals surface area contributed by atoms with E-state index in [1.54, 1.807) is 6.92 Å². The van der Waals surface area contributed by atoms with E-state index in [4.69, 9.17) is 0 Å². The molecule has 0 saturated carbocycles. The molecule has 90 valence electrons. The number of hydrogen-bond acceptors (Lipinski definition) is 5. The van der Waals surface area contributed by atoms with Gasteiger partial charge < -0.3 is 0 Å². The zero-order valence-electron chi connectivity index (χ0n) is 10.1. The average molecular weight is 250 g/mol. The molecule has 2 rings (SSSR count). The molecule has 2 aromatic rings. The average Bonchev–Trinajstić information content (AvgIpc) is 2.84. The van der Waals surface area contributed by atoms with Gasteiger partial charge in [0.2, 0.25) is 0 Å². The van der Waals surface area contributed by atoms with Crippen molar-refractivity contribution >= 4 is 17.3 Å². The van der Waals surface area contributed by atoms with Crippen LogP contribution in [0.3, 0.4) is 0 Å². The van der Waals surface area contributed by atoms with E-state index in [1.807, 2.05) is 24.6 Å². The Morgan fingerprint density at radius 1 is 1.47 bits per heavy atom. The molecule has 0 unspecified atom stereocenters. The van der Waals surface area contributed by atoms with E-state index in [0.29, 0.717) is 17.0 Å². The van der Waals surface area contributed by atoms with Crippen molar-refractivity contribution < 1.29 is 4.79 Å². The SMILES string of the molecule is CCn1nc(C)cc1CC(=O)c1snnc1C. The van der Waals surface area contributed by atoms with Crippen LogP contribution < -0.4 is 0 Å². The Bertz CT molecular complexity index is 543. The van der Waals surface area contributed by atoms with E-state index in [0.717, 1.165) is 29.5 Å². The largest absolute Gasteiger partial charge is 0.293 e. The first kappa shape index (κ1) is 11.9. The van der Waals surface area contributed by atoms with Gasteiger partial charge in [0.1, 0.15) is 4.88 Å².